The number of hydrogen-bond donors (Lipinski definition) is 2. The van der Waals surface area contributed by atoms with Crippen molar-refractivity contribution in [2.75, 3.05) is 6.54 Å². The number of benzene rings is 2. The number of carbonyl (C=O) groups is 2. The van der Waals surface area contributed by atoms with E-state index in [9.17, 15) is 9.59 Å². The Morgan fingerprint density at radius 2 is 1.83 bits per heavy atom. The minimum atomic E-state index is -0.928. The van der Waals surface area contributed by atoms with Crippen LogP contribution >= 0.6 is 0 Å². The fourth-order valence-corrected chi connectivity index (χ4v) is 3.06. The van der Waals surface area contributed by atoms with Gasteiger partial charge in [-0.1, -0.05) is 24.3 Å². The minimum absolute atomic E-state index is 0.0223. The van der Waals surface area contributed by atoms with Crippen molar-refractivity contribution in [3.63, 3.8) is 0 Å². The summed E-state index contributed by atoms with van der Waals surface area (Å²) in [6.45, 7) is 0.537. The fraction of sp³-hybridized carbons (Fsp3) is 0.263. The van der Waals surface area contributed by atoms with E-state index in [2.05, 4.69) is 11.4 Å². The van der Waals surface area contributed by atoms with E-state index >= 15 is 0 Å². The summed E-state index contributed by atoms with van der Waals surface area (Å²) in [4.78, 5) is 23.2. The Morgan fingerprint density at radius 3 is 2.57 bits per heavy atom. The molecule has 118 valence electrons. The molecule has 0 aromatic heterocycles. The van der Waals surface area contributed by atoms with Crippen LogP contribution in [0.4, 0.5) is 0 Å². The molecule has 1 amide bonds. The monoisotopic (exact) mass is 309 g/mol. The molecule has 2 N–H and O–H groups in total. The lowest BCUT2D eigenvalue weighted by molar-refractivity contribution is 0.0696. The van der Waals surface area contributed by atoms with Gasteiger partial charge >= 0.3 is 5.97 Å². The highest BCUT2D eigenvalue weighted by atomic mass is 16.4. The Kier molecular flexibility index (Phi) is 4.42. The van der Waals surface area contributed by atoms with Crippen LogP contribution in [0.2, 0.25) is 0 Å². The first-order valence-electron chi connectivity index (χ1n) is 7.86. The molecule has 2 aromatic rings. The maximum Gasteiger partial charge on any atom is 0.335 e. The van der Waals surface area contributed by atoms with Crippen LogP contribution in [0, 0.1) is 0 Å². The van der Waals surface area contributed by atoms with Crippen molar-refractivity contribution in [3.05, 3.63) is 70.3 Å². The molecule has 0 saturated carbocycles. The lowest BCUT2D eigenvalue weighted by Crippen LogP contribution is -2.26. The second-order valence-corrected chi connectivity index (χ2v) is 5.80. The van der Waals surface area contributed by atoms with E-state index in [0.717, 1.165) is 30.4 Å². The molecule has 0 saturated heterocycles. The molecule has 4 nitrogen and oxygen atoms in total. The van der Waals surface area contributed by atoms with Gasteiger partial charge in [0.1, 0.15) is 0 Å². The number of carboxylic acid groups (broad SMARTS) is 1. The van der Waals surface area contributed by atoms with Crippen LogP contribution in [-0.4, -0.2) is 23.5 Å². The number of aryl methyl sites for hydroxylation is 1. The molecule has 0 spiro atoms. The topological polar surface area (TPSA) is 66.4 Å². The van der Waals surface area contributed by atoms with Gasteiger partial charge in [0.15, 0.2) is 0 Å². The van der Waals surface area contributed by atoms with E-state index in [0.29, 0.717) is 13.0 Å². The molecule has 0 aliphatic heterocycles. The molecule has 4 heteroatoms. The zero-order valence-corrected chi connectivity index (χ0v) is 12.8. The molecule has 0 bridgehead atoms. The van der Waals surface area contributed by atoms with Crippen molar-refractivity contribution >= 4 is 11.9 Å². The first-order valence-corrected chi connectivity index (χ1v) is 7.86. The first-order chi connectivity index (χ1) is 11.1. The molecule has 3 rings (SSSR count). The van der Waals surface area contributed by atoms with Gasteiger partial charge < -0.3 is 10.4 Å². The zero-order chi connectivity index (χ0) is 16.2. The predicted molar refractivity (Wildman–Crippen MR) is 87.9 cm³/mol. The zero-order valence-electron chi connectivity index (χ0n) is 12.8. The Morgan fingerprint density at radius 1 is 1.04 bits per heavy atom. The quantitative estimate of drug-likeness (QED) is 0.892. The van der Waals surface area contributed by atoms with Crippen molar-refractivity contribution in [1.29, 1.82) is 0 Å². The molecule has 1 aliphatic carbocycles. The summed E-state index contributed by atoms with van der Waals surface area (Å²) in [6.07, 6.45) is 3.85. The molecular weight excluding hydrogens is 290 g/mol. The highest BCUT2D eigenvalue weighted by Gasteiger charge is 2.18. The number of amides is 1. The summed E-state index contributed by atoms with van der Waals surface area (Å²) in [5.41, 5.74) is 4.56. The van der Waals surface area contributed by atoms with Crippen LogP contribution < -0.4 is 5.32 Å². The van der Waals surface area contributed by atoms with E-state index < -0.39 is 5.97 Å². The van der Waals surface area contributed by atoms with E-state index in [1.807, 2.05) is 12.1 Å². The highest BCUT2D eigenvalue weighted by molar-refractivity contribution is 5.96. The molecule has 2 aromatic carbocycles. The number of hydrogen-bond acceptors (Lipinski definition) is 2. The molecule has 0 fully saturated rings. The van der Waals surface area contributed by atoms with Crippen LogP contribution in [-0.2, 0) is 19.3 Å². The Hall–Kier alpha value is -2.62. The van der Waals surface area contributed by atoms with Gasteiger partial charge in [-0.15, -0.1) is 0 Å². The summed E-state index contributed by atoms with van der Waals surface area (Å²) in [7, 11) is 0. The number of carbonyl (C=O) groups excluding carboxylic acids is 1. The maximum absolute atomic E-state index is 12.3. The Labute approximate surface area is 135 Å². The van der Waals surface area contributed by atoms with E-state index in [4.69, 9.17) is 5.11 Å². The van der Waals surface area contributed by atoms with Crippen LogP contribution in [0.1, 0.15) is 43.8 Å². The summed E-state index contributed by atoms with van der Waals surface area (Å²) >= 11 is 0. The Balaban J connectivity index is 1.57. The van der Waals surface area contributed by atoms with Gasteiger partial charge in [0.05, 0.1) is 5.56 Å². The molecule has 23 heavy (non-hydrogen) atoms. The summed E-state index contributed by atoms with van der Waals surface area (Å²) < 4.78 is 0. The number of fused-ring (bicyclic) bond motifs is 1. The van der Waals surface area contributed by atoms with Gasteiger partial charge in [-0.05, 0) is 60.6 Å². The lowest BCUT2D eigenvalue weighted by Gasteiger charge is -2.09. The highest BCUT2D eigenvalue weighted by Crippen LogP contribution is 2.25. The smallest absolute Gasteiger partial charge is 0.335 e. The molecule has 0 radical (unpaired) electrons. The van der Waals surface area contributed by atoms with Crippen molar-refractivity contribution < 1.29 is 14.7 Å². The van der Waals surface area contributed by atoms with Crippen molar-refractivity contribution in [2.45, 2.75) is 25.7 Å². The lowest BCUT2D eigenvalue weighted by atomic mass is 10.0. The normalized spacial score (nSPS) is 12.7. The number of aromatic carboxylic acids is 1. The van der Waals surface area contributed by atoms with E-state index in [-0.39, 0.29) is 11.5 Å². The van der Waals surface area contributed by atoms with E-state index in [1.54, 1.807) is 24.3 Å². The third-order valence-electron chi connectivity index (χ3n) is 4.29. The largest absolute Gasteiger partial charge is 0.478 e. The second-order valence-electron chi connectivity index (χ2n) is 5.80. The van der Waals surface area contributed by atoms with Crippen LogP contribution in [0.25, 0.3) is 0 Å². The maximum atomic E-state index is 12.3. The SMILES string of the molecule is O=C(O)c1ccc(CCNC(=O)c2cccc3c2CCC3)cc1. The molecule has 0 atom stereocenters. The van der Waals surface area contributed by atoms with Crippen LogP contribution in [0.5, 0.6) is 0 Å². The number of nitrogens with one attached hydrogen (secondary N) is 1. The third-order valence-corrected chi connectivity index (χ3v) is 4.29. The summed E-state index contributed by atoms with van der Waals surface area (Å²) in [5.74, 6) is -0.950. The van der Waals surface area contributed by atoms with Gasteiger partial charge in [-0.3, -0.25) is 4.79 Å². The number of carboxylic acids is 1. The molecule has 0 unspecified atom stereocenters. The number of rotatable bonds is 5. The Bertz CT molecular complexity index is 735. The standard InChI is InChI=1S/C19H19NO3/c21-18(17-6-2-4-14-3-1-5-16(14)17)20-12-11-13-7-9-15(10-8-13)19(22)23/h2,4,6-10H,1,3,5,11-12H2,(H,20,21)(H,22,23). The summed E-state index contributed by atoms with van der Waals surface area (Å²) in [6, 6.07) is 12.7. The van der Waals surface area contributed by atoms with Crippen LogP contribution in [0.15, 0.2) is 42.5 Å². The predicted octanol–water partition coefficient (Wildman–Crippen LogP) is 2.85. The van der Waals surface area contributed by atoms with Gasteiger partial charge in [0.25, 0.3) is 5.91 Å². The van der Waals surface area contributed by atoms with Crippen molar-refractivity contribution in [3.8, 4) is 0 Å². The van der Waals surface area contributed by atoms with Gasteiger partial charge in [-0.25, -0.2) is 4.79 Å². The third kappa shape index (κ3) is 3.42. The second kappa shape index (κ2) is 6.65. The van der Waals surface area contributed by atoms with Gasteiger partial charge in [-0.2, -0.15) is 0 Å². The molecule has 0 heterocycles. The average Bonchev–Trinajstić information content (AvgIpc) is 3.03. The van der Waals surface area contributed by atoms with Gasteiger partial charge in [0, 0.05) is 12.1 Å². The molecular formula is C19H19NO3. The van der Waals surface area contributed by atoms with E-state index in [1.165, 1.54) is 11.1 Å². The van der Waals surface area contributed by atoms with Crippen LogP contribution in [0.3, 0.4) is 0 Å². The first kappa shape index (κ1) is 15.3. The minimum Gasteiger partial charge on any atom is -0.478 e. The summed E-state index contributed by atoms with van der Waals surface area (Å²) in [5, 5.41) is 11.8. The average molecular weight is 309 g/mol. The van der Waals surface area contributed by atoms with Crippen molar-refractivity contribution in [1.82, 2.24) is 5.32 Å². The molecule has 1 aliphatic rings. The fourth-order valence-electron chi connectivity index (χ4n) is 3.06. The van der Waals surface area contributed by atoms with Gasteiger partial charge in [0.2, 0.25) is 0 Å². The van der Waals surface area contributed by atoms with Crippen molar-refractivity contribution in [2.24, 2.45) is 0 Å².